The fraction of sp³-hybridized carbons (Fsp3) is 0. The molecule has 0 fully saturated rings. The van der Waals surface area contributed by atoms with Gasteiger partial charge in [-0.2, -0.15) is 9.97 Å². The number of benzene rings is 1. The Morgan fingerprint density at radius 1 is 1.29 bits per heavy atom. The lowest BCUT2D eigenvalue weighted by molar-refractivity contribution is 0.102. The van der Waals surface area contributed by atoms with Gasteiger partial charge in [0.25, 0.3) is 5.91 Å². The lowest BCUT2D eigenvalue weighted by Crippen LogP contribution is -2.16. The summed E-state index contributed by atoms with van der Waals surface area (Å²) in [6.07, 6.45) is 1.44. The summed E-state index contributed by atoms with van der Waals surface area (Å²) in [5.74, 6) is -0.417. The third-order valence-electron chi connectivity index (χ3n) is 2.79. The maximum Gasteiger partial charge on any atom is 0.260 e. The number of rotatable bonds is 2. The molecular weight excluding hydrogens is 294 g/mol. The molecule has 6 N–H and O–H groups in total. The van der Waals surface area contributed by atoms with Gasteiger partial charge in [-0.05, 0) is 18.2 Å². The smallest absolute Gasteiger partial charge is 0.260 e. The Balaban J connectivity index is 1.92. The SMILES string of the molecule is Nc1ccc(C(=O)Nc2nc(Cl)c3[nH]cnc3n2)c(N)c1. The zero-order valence-electron chi connectivity index (χ0n) is 10.6. The molecule has 0 bridgehead atoms. The van der Waals surface area contributed by atoms with Gasteiger partial charge in [-0.3, -0.25) is 10.1 Å². The van der Waals surface area contributed by atoms with Crippen molar-refractivity contribution < 1.29 is 4.79 Å². The summed E-state index contributed by atoms with van der Waals surface area (Å²) in [4.78, 5) is 27.0. The van der Waals surface area contributed by atoms with Crippen molar-refractivity contribution in [3.63, 3.8) is 0 Å². The molecule has 1 aromatic carbocycles. The van der Waals surface area contributed by atoms with Crippen LogP contribution in [0.25, 0.3) is 11.2 Å². The van der Waals surface area contributed by atoms with Crippen molar-refractivity contribution in [3.05, 3.63) is 35.2 Å². The molecule has 2 aromatic heterocycles. The van der Waals surface area contributed by atoms with Gasteiger partial charge in [0, 0.05) is 11.4 Å². The van der Waals surface area contributed by atoms with Crippen molar-refractivity contribution in [2.24, 2.45) is 0 Å². The van der Waals surface area contributed by atoms with Crippen LogP contribution in [-0.2, 0) is 0 Å². The van der Waals surface area contributed by atoms with E-state index in [4.69, 9.17) is 23.1 Å². The molecule has 106 valence electrons. The Morgan fingerprint density at radius 3 is 2.86 bits per heavy atom. The number of nitrogen functional groups attached to an aromatic ring is 2. The normalized spacial score (nSPS) is 10.7. The Bertz CT molecular complexity index is 845. The van der Waals surface area contributed by atoms with E-state index in [1.807, 2.05) is 0 Å². The van der Waals surface area contributed by atoms with E-state index in [0.717, 1.165) is 0 Å². The van der Waals surface area contributed by atoms with Crippen molar-refractivity contribution in [2.75, 3.05) is 16.8 Å². The molecular formula is C12H10ClN7O. The lowest BCUT2D eigenvalue weighted by Gasteiger charge is -2.07. The predicted octanol–water partition coefficient (Wildman–Crippen LogP) is 1.42. The zero-order valence-corrected chi connectivity index (χ0v) is 11.3. The summed E-state index contributed by atoms with van der Waals surface area (Å²) in [6, 6.07) is 4.60. The summed E-state index contributed by atoms with van der Waals surface area (Å²) in [6.45, 7) is 0. The molecule has 0 aliphatic rings. The van der Waals surface area contributed by atoms with Gasteiger partial charge in [0.05, 0.1) is 11.9 Å². The van der Waals surface area contributed by atoms with Crippen LogP contribution in [-0.4, -0.2) is 25.8 Å². The highest BCUT2D eigenvalue weighted by Crippen LogP contribution is 2.20. The van der Waals surface area contributed by atoms with Gasteiger partial charge >= 0.3 is 0 Å². The standard InChI is InChI=1S/C12H10ClN7O/c13-9-8-10(17-4-16-8)19-12(18-9)20-11(21)6-2-1-5(14)3-7(6)15/h1-4H,14-15H2,(H2,16,17,18,19,20,21). The number of amides is 1. The van der Waals surface area contributed by atoms with Gasteiger partial charge in [0.2, 0.25) is 5.95 Å². The molecule has 0 unspecified atom stereocenters. The third-order valence-corrected chi connectivity index (χ3v) is 3.06. The Hall–Kier alpha value is -2.87. The third kappa shape index (κ3) is 2.43. The summed E-state index contributed by atoms with van der Waals surface area (Å²) in [5.41, 5.74) is 13.2. The van der Waals surface area contributed by atoms with Crippen molar-refractivity contribution >= 4 is 46.0 Å². The maximum atomic E-state index is 12.1. The number of aromatic amines is 1. The summed E-state index contributed by atoms with van der Waals surface area (Å²) >= 11 is 5.97. The number of anilines is 3. The van der Waals surface area contributed by atoms with Crippen molar-refractivity contribution in [1.82, 2.24) is 19.9 Å². The molecule has 2 heterocycles. The first-order chi connectivity index (χ1) is 10.0. The molecule has 3 aromatic rings. The largest absolute Gasteiger partial charge is 0.399 e. The first-order valence-electron chi connectivity index (χ1n) is 5.87. The molecule has 3 rings (SSSR count). The molecule has 0 spiro atoms. The number of nitrogens with one attached hydrogen (secondary N) is 2. The molecule has 0 saturated heterocycles. The molecule has 8 nitrogen and oxygen atoms in total. The first kappa shape index (κ1) is 13.1. The van der Waals surface area contributed by atoms with E-state index in [1.54, 1.807) is 6.07 Å². The van der Waals surface area contributed by atoms with Crippen LogP contribution in [0, 0.1) is 0 Å². The van der Waals surface area contributed by atoms with Gasteiger partial charge in [-0.25, -0.2) is 4.98 Å². The van der Waals surface area contributed by atoms with Crippen molar-refractivity contribution in [2.45, 2.75) is 0 Å². The minimum Gasteiger partial charge on any atom is -0.399 e. The Labute approximate surface area is 123 Å². The predicted molar refractivity (Wildman–Crippen MR) is 79.9 cm³/mol. The van der Waals surface area contributed by atoms with Crippen LogP contribution < -0.4 is 16.8 Å². The van der Waals surface area contributed by atoms with E-state index < -0.39 is 5.91 Å². The van der Waals surface area contributed by atoms with Gasteiger partial charge < -0.3 is 16.5 Å². The molecule has 0 aliphatic carbocycles. The number of hydrogen-bond donors (Lipinski definition) is 4. The molecule has 1 amide bonds. The van der Waals surface area contributed by atoms with Crippen LogP contribution in [0.3, 0.4) is 0 Å². The fourth-order valence-corrected chi connectivity index (χ4v) is 2.03. The van der Waals surface area contributed by atoms with Crippen molar-refractivity contribution in [3.8, 4) is 0 Å². The second kappa shape index (κ2) is 4.91. The number of fused-ring (bicyclic) bond motifs is 1. The van der Waals surface area contributed by atoms with Crippen LogP contribution in [0.15, 0.2) is 24.5 Å². The van der Waals surface area contributed by atoms with E-state index in [1.165, 1.54) is 18.5 Å². The van der Waals surface area contributed by atoms with Crippen LogP contribution in [0.2, 0.25) is 5.15 Å². The van der Waals surface area contributed by atoms with Gasteiger partial charge in [0.15, 0.2) is 10.8 Å². The first-order valence-corrected chi connectivity index (χ1v) is 6.25. The molecule has 0 radical (unpaired) electrons. The summed E-state index contributed by atoms with van der Waals surface area (Å²) < 4.78 is 0. The molecule has 0 saturated carbocycles. The minimum atomic E-state index is -0.460. The highest BCUT2D eigenvalue weighted by atomic mass is 35.5. The second-order valence-corrected chi connectivity index (χ2v) is 4.60. The number of halogens is 1. The maximum absolute atomic E-state index is 12.1. The monoisotopic (exact) mass is 303 g/mol. The van der Waals surface area contributed by atoms with E-state index in [9.17, 15) is 4.79 Å². The van der Waals surface area contributed by atoms with E-state index >= 15 is 0 Å². The highest BCUT2D eigenvalue weighted by molar-refractivity contribution is 6.33. The van der Waals surface area contributed by atoms with E-state index in [2.05, 4.69) is 25.3 Å². The number of nitrogens with two attached hydrogens (primary N) is 2. The second-order valence-electron chi connectivity index (χ2n) is 4.24. The van der Waals surface area contributed by atoms with Crippen LogP contribution in [0.1, 0.15) is 10.4 Å². The van der Waals surface area contributed by atoms with Gasteiger partial charge in [-0.15, -0.1) is 0 Å². The number of carbonyl (C=O) groups excluding carboxylic acids is 1. The van der Waals surface area contributed by atoms with Crippen LogP contribution >= 0.6 is 11.6 Å². The number of nitrogens with zero attached hydrogens (tertiary/aromatic N) is 3. The summed E-state index contributed by atoms with van der Waals surface area (Å²) in [7, 11) is 0. The Morgan fingerprint density at radius 2 is 2.10 bits per heavy atom. The topological polar surface area (TPSA) is 136 Å². The average Bonchev–Trinajstić information content (AvgIpc) is 2.87. The molecule has 0 atom stereocenters. The Kier molecular flexibility index (Phi) is 3.07. The van der Waals surface area contributed by atoms with Crippen molar-refractivity contribution in [1.29, 1.82) is 0 Å². The number of imidazole rings is 1. The van der Waals surface area contributed by atoms with Crippen LogP contribution in [0.4, 0.5) is 17.3 Å². The van der Waals surface area contributed by atoms with E-state index in [0.29, 0.717) is 16.9 Å². The number of aromatic nitrogens is 4. The minimum absolute atomic E-state index is 0.0424. The quantitative estimate of drug-likeness (QED) is 0.417. The molecule has 9 heteroatoms. The number of hydrogen-bond acceptors (Lipinski definition) is 6. The molecule has 0 aliphatic heterocycles. The van der Waals surface area contributed by atoms with E-state index in [-0.39, 0.29) is 22.4 Å². The average molecular weight is 304 g/mol. The lowest BCUT2D eigenvalue weighted by atomic mass is 10.1. The fourth-order valence-electron chi connectivity index (χ4n) is 1.81. The van der Waals surface area contributed by atoms with Gasteiger partial charge in [-0.1, -0.05) is 11.6 Å². The van der Waals surface area contributed by atoms with Crippen LogP contribution in [0.5, 0.6) is 0 Å². The molecule has 21 heavy (non-hydrogen) atoms. The van der Waals surface area contributed by atoms with Gasteiger partial charge in [0.1, 0.15) is 5.52 Å². The highest BCUT2D eigenvalue weighted by Gasteiger charge is 2.14. The number of H-pyrrole nitrogens is 1. The zero-order chi connectivity index (χ0) is 15.0. The summed E-state index contributed by atoms with van der Waals surface area (Å²) in [5, 5.41) is 2.69. The number of carbonyl (C=O) groups is 1.